The van der Waals surface area contributed by atoms with E-state index in [0.717, 1.165) is 0 Å². The molecule has 2 N–H and O–H groups in total. The Morgan fingerprint density at radius 2 is 1.55 bits per heavy atom. The topological polar surface area (TPSA) is 58.2 Å². The van der Waals surface area contributed by atoms with Crippen molar-refractivity contribution in [1.82, 2.24) is 10.6 Å². The van der Waals surface area contributed by atoms with E-state index in [4.69, 9.17) is 0 Å². The zero-order chi connectivity index (χ0) is 15.3. The Balaban J connectivity index is 2.77. The zero-order valence-corrected chi connectivity index (χ0v) is 12.2. The smallest absolute Gasteiger partial charge is 0.251 e. The number of rotatable bonds is 5. The van der Waals surface area contributed by atoms with Crippen LogP contribution in [0.15, 0.2) is 24.3 Å². The van der Waals surface area contributed by atoms with Crippen molar-refractivity contribution < 1.29 is 14.0 Å². The average Bonchev–Trinajstić information content (AvgIpc) is 2.35. The molecule has 0 radical (unpaired) electrons. The van der Waals surface area contributed by atoms with E-state index >= 15 is 0 Å². The lowest BCUT2D eigenvalue weighted by molar-refractivity contribution is -0.124. The van der Waals surface area contributed by atoms with Crippen LogP contribution in [-0.4, -0.2) is 23.9 Å². The molecule has 0 bridgehead atoms. The van der Waals surface area contributed by atoms with Crippen LogP contribution in [0.25, 0.3) is 0 Å². The SMILES string of the molecule is CC(C)NC(=O)C(NC(=O)c1ccc(F)cc1)C(C)C. The van der Waals surface area contributed by atoms with E-state index in [1.807, 2.05) is 27.7 Å². The molecular weight excluding hydrogens is 259 g/mol. The van der Waals surface area contributed by atoms with Crippen LogP contribution in [0.5, 0.6) is 0 Å². The molecule has 110 valence electrons. The monoisotopic (exact) mass is 280 g/mol. The summed E-state index contributed by atoms with van der Waals surface area (Å²) in [7, 11) is 0. The maximum Gasteiger partial charge on any atom is 0.251 e. The second kappa shape index (κ2) is 7.03. The molecule has 0 aliphatic rings. The first-order valence-corrected chi connectivity index (χ1v) is 6.68. The van der Waals surface area contributed by atoms with Crippen LogP contribution >= 0.6 is 0 Å². The Morgan fingerprint density at radius 3 is 2.00 bits per heavy atom. The largest absolute Gasteiger partial charge is 0.352 e. The summed E-state index contributed by atoms with van der Waals surface area (Å²) in [6.45, 7) is 7.43. The fraction of sp³-hybridized carbons (Fsp3) is 0.467. The van der Waals surface area contributed by atoms with Gasteiger partial charge in [0.1, 0.15) is 11.9 Å². The molecule has 1 atom stereocenters. The lowest BCUT2D eigenvalue weighted by Crippen LogP contribution is -2.51. The van der Waals surface area contributed by atoms with Gasteiger partial charge in [-0.25, -0.2) is 4.39 Å². The highest BCUT2D eigenvalue weighted by molar-refractivity contribution is 5.97. The van der Waals surface area contributed by atoms with Gasteiger partial charge in [-0.1, -0.05) is 13.8 Å². The molecule has 0 spiro atoms. The molecule has 1 aromatic carbocycles. The summed E-state index contributed by atoms with van der Waals surface area (Å²) >= 11 is 0. The Hall–Kier alpha value is -1.91. The molecule has 0 heterocycles. The first-order valence-electron chi connectivity index (χ1n) is 6.68. The zero-order valence-electron chi connectivity index (χ0n) is 12.2. The number of nitrogens with one attached hydrogen (secondary N) is 2. The summed E-state index contributed by atoms with van der Waals surface area (Å²) in [5, 5.41) is 5.46. The Morgan fingerprint density at radius 1 is 1.00 bits per heavy atom. The fourth-order valence-electron chi connectivity index (χ4n) is 1.74. The van der Waals surface area contributed by atoms with Crippen molar-refractivity contribution in [2.24, 2.45) is 5.92 Å². The molecule has 1 unspecified atom stereocenters. The van der Waals surface area contributed by atoms with E-state index in [2.05, 4.69) is 10.6 Å². The van der Waals surface area contributed by atoms with Gasteiger partial charge in [0, 0.05) is 11.6 Å². The van der Waals surface area contributed by atoms with Crippen molar-refractivity contribution in [2.75, 3.05) is 0 Å². The minimum absolute atomic E-state index is 0.00599. The number of amides is 2. The first-order chi connectivity index (χ1) is 9.31. The summed E-state index contributed by atoms with van der Waals surface area (Å²) < 4.78 is 12.8. The number of carbonyl (C=O) groups excluding carboxylic acids is 2. The van der Waals surface area contributed by atoms with Gasteiger partial charge in [-0.2, -0.15) is 0 Å². The summed E-state index contributed by atoms with van der Waals surface area (Å²) in [5.41, 5.74) is 0.328. The Labute approximate surface area is 118 Å². The number of hydrogen-bond donors (Lipinski definition) is 2. The second-order valence-corrected chi connectivity index (χ2v) is 5.37. The van der Waals surface area contributed by atoms with E-state index in [0.29, 0.717) is 5.56 Å². The van der Waals surface area contributed by atoms with Crippen LogP contribution in [0, 0.1) is 11.7 Å². The third-order valence-electron chi connectivity index (χ3n) is 2.77. The van der Waals surface area contributed by atoms with Crippen molar-refractivity contribution >= 4 is 11.8 Å². The Kier molecular flexibility index (Phi) is 5.67. The van der Waals surface area contributed by atoms with Gasteiger partial charge in [0.15, 0.2) is 0 Å². The van der Waals surface area contributed by atoms with Gasteiger partial charge in [0.05, 0.1) is 0 Å². The third-order valence-corrected chi connectivity index (χ3v) is 2.77. The standard InChI is InChI=1S/C15H21FN2O2/c1-9(2)13(15(20)17-10(3)4)18-14(19)11-5-7-12(16)8-6-11/h5-10,13H,1-4H3,(H,17,20)(H,18,19). The van der Waals surface area contributed by atoms with Crippen LogP contribution < -0.4 is 10.6 Å². The maximum absolute atomic E-state index is 12.8. The number of halogens is 1. The van der Waals surface area contributed by atoms with Gasteiger partial charge in [-0.05, 0) is 44.0 Å². The molecule has 2 amide bonds. The van der Waals surface area contributed by atoms with Crippen LogP contribution in [0.1, 0.15) is 38.1 Å². The molecule has 5 heteroatoms. The van der Waals surface area contributed by atoms with E-state index in [-0.39, 0.29) is 23.8 Å². The summed E-state index contributed by atoms with van der Waals surface area (Å²) in [4.78, 5) is 24.1. The molecule has 20 heavy (non-hydrogen) atoms. The second-order valence-electron chi connectivity index (χ2n) is 5.37. The predicted octanol–water partition coefficient (Wildman–Crippen LogP) is 2.10. The van der Waals surface area contributed by atoms with Crippen molar-refractivity contribution in [3.63, 3.8) is 0 Å². The molecule has 4 nitrogen and oxygen atoms in total. The number of hydrogen-bond acceptors (Lipinski definition) is 2. The van der Waals surface area contributed by atoms with Gasteiger partial charge >= 0.3 is 0 Å². The predicted molar refractivity (Wildman–Crippen MR) is 75.8 cm³/mol. The van der Waals surface area contributed by atoms with Crippen LogP contribution in [0.4, 0.5) is 4.39 Å². The highest BCUT2D eigenvalue weighted by atomic mass is 19.1. The molecule has 1 rings (SSSR count). The van der Waals surface area contributed by atoms with Gasteiger partial charge in [0.25, 0.3) is 5.91 Å². The molecule has 0 saturated heterocycles. The van der Waals surface area contributed by atoms with Crippen molar-refractivity contribution in [2.45, 2.75) is 39.8 Å². The van der Waals surface area contributed by atoms with Gasteiger partial charge < -0.3 is 10.6 Å². The van der Waals surface area contributed by atoms with Crippen molar-refractivity contribution in [3.05, 3.63) is 35.6 Å². The minimum Gasteiger partial charge on any atom is -0.352 e. The molecular formula is C15H21FN2O2. The molecule has 0 fully saturated rings. The highest BCUT2D eigenvalue weighted by Gasteiger charge is 2.24. The quantitative estimate of drug-likeness (QED) is 0.868. The maximum atomic E-state index is 12.8. The highest BCUT2D eigenvalue weighted by Crippen LogP contribution is 2.07. The lowest BCUT2D eigenvalue weighted by atomic mass is 10.0. The van der Waals surface area contributed by atoms with E-state index < -0.39 is 11.9 Å². The first kappa shape index (κ1) is 16.1. The van der Waals surface area contributed by atoms with Crippen LogP contribution in [-0.2, 0) is 4.79 Å². The van der Waals surface area contributed by atoms with Gasteiger partial charge in [-0.3, -0.25) is 9.59 Å². The summed E-state index contributed by atoms with van der Waals surface area (Å²) in [6, 6.07) is 4.60. The van der Waals surface area contributed by atoms with Gasteiger partial charge in [0.2, 0.25) is 5.91 Å². The van der Waals surface area contributed by atoms with E-state index in [1.165, 1.54) is 24.3 Å². The third kappa shape index (κ3) is 4.64. The molecule has 0 aromatic heterocycles. The molecule has 0 saturated carbocycles. The molecule has 0 aliphatic carbocycles. The molecule has 0 aliphatic heterocycles. The molecule has 1 aromatic rings. The number of carbonyl (C=O) groups is 2. The summed E-state index contributed by atoms with van der Waals surface area (Å²) in [5.74, 6) is -1.05. The van der Waals surface area contributed by atoms with E-state index in [1.54, 1.807) is 0 Å². The fourth-order valence-corrected chi connectivity index (χ4v) is 1.74. The Bertz CT molecular complexity index is 469. The van der Waals surface area contributed by atoms with E-state index in [9.17, 15) is 14.0 Å². The van der Waals surface area contributed by atoms with Crippen molar-refractivity contribution in [3.8, 4) is 0 Å². The van der Waals surface area contributed by atoms with Crippen molar-refractivity contribution in [1.29, 1.82) is 0 Å². The average molecular weight is 280 g/mol. The van der Waals surface area contributed by atoms with Crippen LogP contribution in [0.3, 0.4) is 0 Å². The summed E-state index contributed by atoms with van der Waals surface area (Å²) in [6.07, 6.45) is 0. The minimum atomic E-state index is -0.616. The number of benzene rings is 1. The lowest BCUT2D eigenvalue weighted by Gasteiger charge is -2.23. The normalized spacial score (nSPS) is 12.3. The van der Waals surface area contributed by atoms with Gasteiger partial charge in [-0.15, -0.1) is 0 Å². The van der Waals surface area contributed by atoms with Crippen LogP contribution in [0.2, 0.25) is 0 Å².